The molecule has 30 heavy (non-hydrogen) atoms. The number of hydrogen-bond donors (Lipinski definition) is 2. The third-order valence-electron chi connectivity index (χ3n) is 6.39. The molecule has 6 nitrogen and oxygen atoms in total. The molecule has 2 heterocycles. The number of guanidine groups is 1. The Morgan fingerprint density at radius 3 is 2.93 bits per heavy atom. The Bertz CT molecular complexity index is 752. The number of carbonyl (C=O) groups excluding carboxylic acids is 1. The van der Waals surface area contributed by atoms with Crippen LogP contribution in [0.2, 0.25) is 0 Å². The number of thioether (sulfide) groups is 1. The van der Waals surface area contributed by atoms with Gasteiger partial charge in [0.1, 0.15) is 6.10 Å². The van der Waals surface area contributed by atoms with E-state index in [-0.39, 0.29) is 12.0 Å². The lowest BCUT2D eigenvalue weighted by Gasteiger charge is -2.45. The first-order valence-electron chi connectivity index (χ1n) is 11.3. The van der Waals surface area contributed by atoms with Crippen molar-refractivity contribution >= 4 is 29.3 Å². The summed E-state index contributed by atoms with van der Waals surface area (Å²) < 4.78 is 5.90. The molecule has 0 radical (unpaired) electrons. The second-order valence-electron chi connectivity index (χ2n) is 8.61. The fourth-order valence-electron chi connectivity index (χ4n) is 4.80. The molecule has 1 aliphatic carbocycles. The van der Waals surface area contributed by atoms with E-state index in [1.165, 1.54) is 37.9 Å². The summed E-state index contributed by atoms with van der Waals surface area (Å²) in [7, 11) is 1.87. The average molecular weight is 431 g/mol. The zero-order valence-corrected chi connectivity index (χ0v) is 18.8. The van der Waals surface area contributed by atoms with Gasteiger partial charge in [0.05, 0.1) is 0 Å². The number of aliphatic imine (C=N–C) groups is 1. The van der Waals surface area contributed by atoms with Gasteiger partial charge < -0.3 is 20.3 Å². The van der Waals surface area contributed by atoms with E-state index in [0.29, 0.717) is 17.9 Å². The van der Waals surface area contributed by atoms with Crippen molar-refractivity contribution < 1.29 is 9.53 Å². The van der Waals surface area contributed by atoms with Crippen LogP contribution in [-0.4, -0.2) is 60.1 Å². The van der Waals surface area contributed by atoms with Gasteiger partial charge in [0.25, 0.3) is 5.91 Å². The first kappa shape index (κ1) is 21.5. The summed E-state index contributed by atoms with van der Waals surface area (Å²) in [5, 5.41) is 6.54. The zero-order chi connectivity index (χ0) is 20.8. The third-order valence-corrected chi connectivity index (χ3v) is 7.93. The van der Waals surface area contributed by atoms with Gasteiger partial charge in [-0.15, -0.1) is 0 Å². The normalized spacial score (nSPS) is 24.1. The molecular weight excluding hydrogens is 396 g/mol. The highest BCUT2D eigenvalue weighted by Gasteiger charge is 2.38. The summed E-state index contributed by atoms with van der Waals surface area (Å²) in [5.74, 6) is 2.11. The van der Waals surface area contributed by atoms with Crippen LogP contribution in [0.4, 0.5) is 5.69 Å². The smallest absolute Gasteiger partial charge is 0.253 e. The number of carbonyl (C=O) groups is 1. The van der Waals surface area contributed by atoms with E-state index in [0.717, 1.165) is 43.1 Å². The second-order valence-corrected chi connectivity index (χ2v) is 10.2. The lowest BCUT2D eigenvalue weighted by molar-refractivity contribution is -0.124. The fraction of sp³-hybridized carbons (Fsp3) is 0.652. The summed E-state index contributed by atoms with van der Waals surface area (Å²) in [6, 6.07) is 8.03. The summed E-state index contributed by atoms with van der Waals surface area (Å²) in [6.45, 7) is 3.50. The van der Waals surface area contributed by atoms with Gasteiger partial charge in [0.2, 0.25) is 0 Å². The van der Waals surface area contributed by atoms with Gasteiger partial charge in [-0.2, -0.15) is 11.8 Å². The van der Waals surface area contributed by atoms with Crippen LogP contribution in [0.1, 0.15) is 50.5 Å². The van der Waals surface area contributed by atoms with Crippen molar-refractivity contribution in [3.8, 4) is 0 Å². The molecule has 2 saturated heterocycles. The molecule has 1 atom stereocenters. The Hall–Kier alpha value is -1.73. The maximum atomic E-state index is 12.3. The van der Waals surface area contributed by atoms with Crippen LogP contribution in [0.25, 0.3) is 0 Å². The first-order chi connectivity index (χ1) is 14.7. The summed E-state index contributed by atoms with van der Waals surface area (Å²) in [4.78, 5) is 19.3. The minimum atomic E-state index is -0.310. The molecular formula is C23H34N4O2S. The van der Waals surface area contributed by atoms with E-state index < -0.39 is 0 Å². The highest BCUT2D eigenvalue weighted by atomic mass is 32.2. The SMILES string of the molecule is CN=C(NCc1cccc(NC(=O)C2CCCO2)c1)N1CCSC2(CCCCC2)C1. The maximum absolute atomic E-state index is 12.3. The number of nitrogens with one attached hydrogen (secondary N) is 2. The summed E-state index contributed by atoms with van der Waals surface area (Å²) in [5.41, 5.74) is 1.94. The first-order valence-corrected chi connectivity index (χ1v) is 12.3. The highest BCUT2D eigenvalue weighted by molar-refractivity contribution is 8.00. The Labute approximate surface area is 184 Å². The predicted molar refractivity (Wildman–Crippen MR) is 124 cm³/mol. The van der Waals surface area contributed by atoms with E-state index in [2.05, 4.69) is 38.4 Å². The lowest BCUT2D eigenvalue weighted by atomic mass is 9.87. The highest BCUT2D eigenvalue weighted by Crippen LogP contribution is 2.42. The third kappa shape index (κ3) is 5.30. The number of amides is 1. The Morgan fingerprint density at radius 1 is 1.30 bits per heavy atom. The second kappa shape index (κ2) is 10.1. The van der Waals surface area contributed by atoms with Gasteiger partial charge >= 0.3 is 0 Å². The molecule has 164 valence electrons. The molecule has 1 amide bonds. The van der Waals surface area contributed by atoms with Gasteiger partial charge in [-0.05, 0) is 43.4 Å². The fourth-order valence-corrected chi connectivity index (χ4v) is 6.37. The van der Waals surface area contributed by atoms with Gasteiger partial charge in [0, 0.05) is 49.5 Å². The molecule has 3 aliphatic rings. The van der Waals surface area contributed by atoms with E-state index in [1.807, 2.05) is 25.2 Å². The Balaban J connectivity index is 1.33. The number of nitrogens with zero attached hydrogens (tertiary/aromatic N) is 2. The molecule has 0 bridgehead atoms. The van der Waals surface area contributed by atoms with Crippen molar-refractivity contribution in [1.29, 1.82) is 0 Å². The van der Waals surface area contributed by atoms with E-state index in [4.69, 9.17) is 4.74 Å². The van der Waals surface area contributed by atoms with Crippen LogP contribution < -0.4 is 10.6 Å². The van der Waals surface area contributed by atoms with Gasteiger partial charge in [-0.3, -0.25) is 9.79 Å². The quantitative estimate of drug-likeness (QED) is 0.564. The van der Waals surface area contributed by atoms with Crippen LogP contribution >= 0.6 is 11.8 Å². The Morgan fingerprint density at radius 2 is 2.17 bits per heavy atom. The van der Waals surface area contributed by atoms with Crippen molar-refractivity contribution in [2.24, 2.45) is 4.99 Å². The molecule has 4 rings (SSSR count). The van der Waals surface area contributed by atoms with E-state index >= 15 is 0 Å². The molecule has 2 N–H and O–H groups in total. The maximum Gasteiger partial charge on any atom is 0.253 e. The standard InChI is InChI=1S/C23H34N4O2S/c1-24-22(27-12-14-30-23(17-27)10-3-2-4-11-23)25-16-18-7-5-8-19(15-18)26-21(28)20-9-6-13-29-20/h5,7-8,15,20H,2-4,6,9-14,16-17H2,1H3,(H,24,25)(H,26,28). The molecule has 1 saturated carbocycles. The zero-order valence-electron chi connectivity index (χ0n) is 18.0. The summed E-state index contributed by atoms with van der Waals surface area (Å²) in [6.07, 6.45) is 8.21. The average Bonchev–Trinajstić information content (AvgIpc) is 3.30. The monoisotopic (exact) mass is 430 g/mol. The largest absolute Gasteiger partial charge is 0.368 e. The van der Waals surface area contributed by atoms with Crippen molar-refractivity contribution in [1.82, 2.24) is 10.2 Å². The minimum Gasteiger partial charge on any atom is -0.368 e. The predicted octanol–water partition coefficient (Wildman–Crippen LogP) is 3.63. The lowest BCUT2D eigenvalue weighted by Crippen LogP contribution is -2.53. The topological polar surface area (TPSA) is 66.0 Å². The van der Waals surface area contributed by atoms with Crippen LogP contribution in [0.3, 0.4) is 0 Å². The number of ether oxygens (including phenoxy) is 1. The van der Waals surface area contributed by atoms with Crippen molar-refractivity contribution in [2.75, 3.05) is 37.8 Å². The van der Waals surface area contributed by atoms with Crippen molar-refractivity contribution in [3.63, 3.8) is 0 Å². The van der Waals surface area contributed by atoms with Crippen molar-refractivity contribution in [3.05, 3.63) is 29.8 Å². The molecule has 0 aromatic heterocycles. The van der Waals surface area contributed by atoms with Gasteiger partial charge in [-0.1, -0.05) is 31.4 Å². The number of hydrogen-bond acceptors (Lipinski definition) is 4. The molecule has 3 fully saturated rings. The molecule has 1 unspecified atom stereocenters. The van der Waals surface area contributed by atoms with E-state index in [1.54, 1.807) is 0 Å². The molecule has 7 heteroatoms. The van der Waals surface area contributed by atoms with Gasteiger partial charge in [0.15, 0.2) is 5.96 Å². The van der Waals surface area contributed by atoms with Gasteiger partial charge in [-0.25, -0.2) is 0 Å². The van der Waals surface area contributed by atoms with Crippen molar-refractivity contribution in [2.45, 2.75) is 62.3 Å². The van der Waals surface area contributed by atoms with Crippen LogP contribution in [0.5, 0.6) is 0 Å². The minimum absolute atomic E-state index is 0.0444. The molecule has 1 aromatic rings. The van der Waals surface area contributed by atoms with Crippen LogP contribution in [0, 0.1) is 0 Å². The number of rotatable bonds is 4. The molecule has 2 aliphatic heterocycles. The number of benzene rings is 1. The Kier molecular flexibility index (Phi) is 7.20. The molecule has 1 spiro atoms. The van der Waals surface area contributed by atoms with Crippen LogP contribution in [-0.2, 0) is 16.1 Å². The number of anilines is 1. The van der Waals surface area contributed by atoms with Crippen LogP contribution in [0.15, 0.2) is 29.3 Å². The van der Waals surface area contributed by atoms with E-state index in [9.17, 15) is 4.79 Å². The molecule has 1 aromatic carbocycles. The summed E-state index contributed by atoms with van der Waals surface area (Å²) >= 11 is 2.18.